The van der Waals surface area contributed by atoms with Crippen molar-refractivity contribution in [1.29, 1.82) is 0 Å². The first-order valence-corrected chi connectivity index (χ1v) is 3.58. The lowest BCUT2D eigenvalue weighted by Crippen LogP contribution is -2.32. The Morgan fingerprint density at radius 2 is 2.45 bits per heavy atom. The number of terminal acetylenes is 1. The van der Waals surface area contributed by atoms with Gasteiger partial charge in [-0.1, -0.05) is 0 Å². The molecule has 1 unspecified atom stereocenters. The SMILES string of the molecule is C#CCCC(N)C(=O)OCC. The van der Waals surface area contributed by atoms with E-state index in [9.17, 15) is 4.79 Å². The molecule has 0 bridgehead atoms. The van der Waals surface area contributed by atoms with Gasteiger partial charge in [0, 0.05) is 6.42 Å². The second-order valence-corrected chi connectivity index (χ2v) is 2.10. The van der Waals surface area contributed by atoms with Gasteiger partial charge in [0.15, 0.2) is 0 Å². The molecule has 0 aromatic rings. The second kappa shape index (κ2) is 5.75. The number of ether oxygens (including phenoxy) is 1. The van der Waals surface area contributed by atoms with Crippen molar-refractivity contribution in [2.45, 2.75) is 25.8 Å². The molecule has 0 saturated carbocycles. The number of rotatable bonds is 4. The topological polar surface area (TPSA) is 52.3 Å². The summed E-state index contributed by atoms with van der Waals surface area (Å²) < 4.78 is 4.67. The third-order valence-electron chi connectivity index (χ3n) is 1.19. The smallest absolute Gasteiger partial charge is 0.322 e. The maximum atomic E-state index is 10.8. The third-order valence-corrected chi connectivity index (χ3v) is 1.19. The van der Waals surface area contributed by atoms with Gasteiger partial charge in [0.1, 0.15) is 6.04 Å². The molecule has 3 heteroatoms. The van der Waals surface area contributed by atoms with Crippen molar-refractivity contribution in [3.05, 3.63) is 0 Å². The summed E-state index contributed by atoms with van der Waals surface area (Å²) in [6, 6.07) is -0.564. The monoisotopic (exact) mass is 155 g/mol. The molecule has 0 aromatic carbocycles. The van der Waals surface area contributed by atoms with Gasteiger partial charge < -0.3 is 10.5 Å². The van der Waals surface area contributed by atoms with E-state index in [1.54, 1.807) is 6.92 Å². The largest absolute Gasteiger partial charge is 0.465 e. The van der Waals surface area contributed by atoms with Gasteiger partial charge in [0.2, 0.25) is 0 Å². The minimum atomic E-state index is -0.564. The van der Waals surface area contributed by atoms with Crippen LogP contribution in [0, 0.1) is 12.3 Å². The van der Waals surface area contributed by atoms with E-state index in [1.165, 1.54) is 0 Å². The number of nitrogens with two attached hydrogens (primary N) is 1. The number of carbonyl (C=O) groups excluding carboxylic acids is 1. The van der Waals surface area contributed by atoms with Crippen molar-refractivity contribution in [1.82, 2.24) is 0 Å². The summed E-state index contributed by atoms with van der Waals surface area (Å²) in [4.78, 5) is 10.8. The normalized spacial score (nSPS) is 11.7. The summed E-state index contributed by atoms with van der Waals surface area (Å²) >= 11 is 0. The molecule has 0 amide bonds. The Hall–Kier alpha value is -1.01. The van der Waals surface area contributed by atoms with Crippen molar-refractivity contribution in [2.24, 2.45) is 5.73 Å². The van der Waals surface area contributed by atoms with Crippen LogP contribution in [-0.4, -0.2) is 18.6 Å². The molecule has 0 aromatic heterocycles. The van der Waals surface area contributed by atoms with Crippen LogP contribution in [0.4, 0.5) is 0 Å². The van der Waals surface area contributed by atoms with Crippen molar-refractivity contribution in [3.8, 4) is 12.3 Å². The Bertz CT molecular complexity index is 160. The fraction of sp³-hybridized carbons (Fsp3) is 0.625. The highest BCUT2D eigenvalue weighted by atomic mass is 16.5. The maximum Gasteiger partial charge on any atom is 0.322 e. The zero-order valence-corrected chi connectivity index (χ0v) is 6.67. The first kappa shape index (κ1) is 9.99. The third kappa shape index (κ3) is 4.40. The van der Waals surface area contributed by atoms with Gasteiger partial charge in [-0.25, -0.2) is 0 Å². The number of hydrogen-bond acceptors (Lipinski definition) is 3. The van der Waals surface area contributed by atoms with Gasteiger partial charge in [-0.2, -0.15) is 0 Å². The van der Waals surface area contributed by atoms with Gasteiger partial charge in [-0.3, -0.25) is 4.79 Å². The molecule has 0 spiro atoms. The van der Waals surface area contributed by atoms with Crippen LogP contribution in [0.25, 0.3) is 0 Å². The van der Waals surface area contributed by atoms with E-state index in [-0.39, 0.29) is 5.97 Å². The molecule has 11 heavy (non-hydrogen) atoms. The minimum absolute atomic E-state index is 0.364. The van der Waals surface area contributed by atoms with Gasteiger partial charge in [-0.05, 0) is 13.3 Å². The van der Waals surface area contributed by atoms with Crippen LogP contribution in [0.1, 0.15) is 19.8 Å². The Morgan fingerprint density at radius 3 is 2.91 bits per heavy atom. The Labute approximate surface area is 66.9 Å². The minimum Gasteiger partial charge on any atom is -0.465 e. The van der Waals surface area contributed by atoms with Crippen molar-refractivity contribution in [3.63, 3.8) is 0 Å². The summed E-state index contributed by atoms with van der Waals surface area (Å²) in [6.45, 7) is 2.11. The number of hydrogen-bond donors (Lipinski definition) is 1. The summed E-state index contributed by atoms with van der Waals surface area (Å²) in [7, 11) is 0. The fourth-order valence-corrected chi connectivity index (χ4v) is 0.606. The van der Waals surface area contributed by atoms with E-state index >= 15 is 0 Å². The lowest BCUT2D eigenvalue weighted by Gasteiger charge is -2.07. The molecule has 0 rings (SSSR count). The van der Waals surface area contributed by atoms with Crippen LogP contribution in [0.15, 0.2) is 0 Å². The van der Waals surface area contributed by atoms with Gasteiger partial charge >= 0.3 is 5.97 Å². The average molecular weight is 155 g/mol. The lowest BCUT2D eigenvalue weighted by atomic mass is 10.2. The first-order valence-electron chi connectivity index (χ1n) is 3.58. The van der Waals surface area contributed by atoms with E-state index in [2.05, 4.69) is 10.7 Å². The molecule has 2 N–H and O–H groups in total. The highest BCUT2D eigenvalue weighted by molar-refractivity contribution is 5.75. The van der Waals surface area contributed by atoms with Gasteiger partial charge in [0.25, 0.3) is 0 Å². The molecule has 0 heterocycles. The van der Waals surface area contributed by atoms with Crippen LogP contribution in [0.2, 0.25) is 0 Å². The van der Waals surface area contributed by atoms with Crippen molar-refractivity contribution in [2.75, 3.05) is 6.61 Å². The Kier molecular flexibility index (Phi) is 5.22. The summed E-state index contributed by atoms with van der Waals surface area (Å²) in [5.41, 5.74) is 5.42. The number of esters is 1. The maximum absolute atomic E-state index is 10.8. The molecule has 3 nitrogen and oxygen atoms in total. The quantitative estimate of drug-likeness (QED) is 0.469. The second-order valence-electron chi connectivity index (χ2n) is 2.10. The number of carbonyl (C=O) groups is 1. The van der Waals surface area contributed by atoms with Gasteiger partial charge in [0.05, 0.1) is 6.61 Å². The zero-order valence-electron chi connectivity index (χ0n) is 6.67. The van der Waals surface area contributed by atoms with Gasteiger partial charge in [-0.15, -0.1) is 12.3 Å². The highest BCUT2D eigenvalue weighted by Gasteiger charge is 2.12. The van der Waals surface area contributed by atoms with Crippen molar-refractivity contribution >= 4 is 5.97 Å². The van der Waals surface area contributed by atoms with E-state index in [0.29, 0.717) is 19.4 Å². The van der Waals surface area contributed by atoms with Crippen molar-refractivity contribution < 1.29 is 9.53 Å². The Morgan fingerprint density at radius 1 is 1.82 bits per heavy atom. The first-order chi connectivity index (χ1) is 5.22. The van der Waals surface area contributed by atoms with E-state index in [1.807, 2.05) is 0 Å². The standard InChI is InChI=1S/C8H13NO2/c1-3-5-6-7(9)8(10)11-4-2/h1,7H,4-6,9H2,2H3. The summed E-state index contributed by atoms with van der Waals surface area (Å²) in [6.07, 6.45) is 6.00. The summed E-state index contributed by atoms with van der Waals surface area (Å²) in [5, 5.41) is 0. The molecular formula is C8H13NO2. The molecule has 0 saturated heterocycles. The van der Waals surface area contributed by atoms with Crippen LogP contribution < -0.4 is 5.73 Å². The molecule has 0 aliphatic carbocycles. The predicted octanol–water partition coefficient (Wildman–Crippen LogP) is 0.290. The fourth-order valence-electron chi connectivity index (χ4n) is 0.606. The predicted molar refractivity (Wildman–Crippen MR) is 42.7 cm³/mol. The molecule has 62 valence electrons. The molecule has 0 aliphatic rings. The molecular weight excluding hydrogens is 142 g/mol. The van der Waals surface area contributed by atoms with E-state index < -0.39 is 6.04 Å². The molecule has 0 radical (unpaired) electrons. The van der Waals surface area contributed by atoms with E-state index in [0.717, 1.165) is 0 Å². The average Bonchev–Trinajstić information content (AvgIpc) is 2.00. The highest BCUT2D eigenvalue weighted by Crippen LogP contribution is 1.95. The zero-order chi connectivity index (χ0) is 8.69. The van der Waals surface area contributed by atoms with E-state index in [4.69, 9.17) is 12.2 Å². The summed E-state index contributed by atoms with van der Waals surface area (Å²) in [5.74, 6) is 2.04. The van der Waals surface area contributed by atoms with Crippen LogP contribution >= 0.6 is 0 Å². The molecule has 0 fully saturated rings. The molecule has 1 atom stereocenters. The van der Waals surface area contributed by atoms with Crippen LogP contribution in [0.3, 0.4) is 0 Å². The van der Waals surface area contributed by atoms with Crippen LogP contribution in [0.5, 0.6) is 0 Å². The molecule has 0 aliphatic heterocycles. The van der Waals surface area contributed by atoms with Crippen LogP contribution in [-0.2, 0) is 9.53 Å². The lowest BCUT2D eigenvalue weighted by molar-refractivity contribution is -0.144. The Balaban J connectivity index is 3.57.